The van der Waals surface area contributed by atoms with Gasteiger partial charge in [-0.05, 0) is 71.1 Å². The molecule has 2 N–H and O–H groups in total. The number of carbonyl (C=O) groups is 2. The molecule has 5 unspecified atom stereocenters. The number of hydrogen-bond acceptors (Lipinski definition) is 8. The van der Waals surface area contributed by atoms with Gasteiger partial charge in [-0.25, -0.2) is 4.98 Å². The molecule has 1 heterocycles. The highest BCUT2D eigenvalue weighted by Gasteiger charge is 2.22. The predicted molar refractivity (Wildman–Crippen MR) is 245 cm³/mol. The van der Waals surface area contributed by atoms with E-state index in [-0.39, 0.29) is 29.8 Å². The monoisotopic (exact) mass is 834 g/mol. The number of nitrogens with zero attached hydrogens (tertiary/aromatic N) is 3. The minimum atomic E-state index is -0.544. The van der Waals surface area contributed by atoms with Crippen molar-refractivity contribution in [2.24, 2.45) is 11.8 Å². The number of aliphatic hydroxyl groups is 2. The summed E-state index contributed by atoms with van der Waals surface area (Å²) >= 11 is 0. The normalized spacial score (nSPS) is 14.3. The molecule has 1 aromatic rings. The lowest BCUT2D eigenvalue weighted by atomic mass is 9.94. The average Bonchev–Trinajstić information content (AvgIpc) is 3.77. The average molecular weight is 834 g/mol. The highest BCUT2D eigenvalue weighted by Crippen LogP contribution is 2.23. The second kappa shape index (κ2) is 38.9. The van der Waals surface area contributed by atoms with Crippen molar-refractivity contribution in [2.75, 3.05) is 32.8 Å². The topological polar surface area (TPSA) is 114 Å². The van der Waals surface area contributed by atoms with Crippen LogP contribution < -0.4 is 0 Å². The van der Waals surface area contributed by atoms with Gasteiger partial charge < -0.3 is 24.3 Å². The molecule has 0 spiro atoms. The Labute approximate surface area is 363 Å². The van der Waals surface area contributed by atoms with Crippen LogP contribution in [0.25, 0.3) is 0 Å². The number of unbranched alkanes of at least 4 members (excludes halogenated alkanes) is 18. The first-order valence-corrected chi connectivity index (χ1v) is 25.1. The van der Waals surface area contributed by atoms with E-state index in [2.05, 4.69) is 49.1 Å². The summed E-state index contributed by atoms with van der Waals surface area (Å²) in [5.41, 5.74) is 0. The van der Waals surface area contributed by atoms with Gasteiger partial charge in [0.2, 0.25) is 0 Å². The van der Waals surface area contributed by atoms with Crippen LogP contribution in [-0.2, 0) is 19.1 Å². The summed E-state index contributed by atoms with van der Waals surface area (Å²) in [6.45, 7) is 13.5. The second-order valence-electron chi connectivity index (χ2n) is 17.9. The van der Waals surface area contributed by atoms with Crippen molar-refractivity contribution in [2.45, 2.75) is 245 Å². The third kappa shape index (κ3) is 30.7. The van der Waals surface area contributed by atoms with E-state index in [9.17, 15) is 19.8 Å². The SMILES string of the molecule is CCCCCCCCC(CCCCCC)C(=O)OCCCCC(O)CN(CC(O)CCCCOC(=O)C(CCCCCC)CCCCCCCC)CC(C)n1ccnc1. The Hall–Kier alpha value is -1.97. The molecule has 0 fully saturated rings. The number of aromatic nitrogens is 2. The lowest BCUT2D eigenvalue weighted by Gasteiger charge is -2.30. The quantitative estimate of drug-likeness (QED) is 0.0494. The minimum Gasteiger partial charge on any atom is -0.465 e. The second-order valence-corrected chi connectivity index (χ2v) is 17.9. The number of hydrogen-bond donors (Lipinski definition) is 2. The lowest BCUT2D eigenvalue weighted by molar-refractivity contribution is -0.150. The fourth-order valence-corrected chi connectivity index (χ4v) is 8.28. The van der Waals surface area contributed by atoms with Gasteiger partial charge in [0.1, 0.15) is 0 Å². The maximum Gasteiger partial charge on any atom is 0.308 e. The third-order valence-corrected chi connectivity index (χ3v) is 12.1. The minimum absolute atomic E-state index is 0.00768. The van der Waals surface area contributed by atoms with Gasteiger partial charge in [-0.15, -0.1) is 0 Å². The van der Waals surface area contributed by atoms with Crippen molar-refractivity contribution in [1.82, 2.24) is 14.5 Å². The molecule has 59 heavy (non-hydrogen) atoms. The summed E-state index contributed by atoms with van der Waals surface area (Å²) in [4.78, 5) is 32.5. The first-order chi connectivity index (χ1) is 28.7. The molecule has 0 aliphatic heterocycles. The standard InChI is InChI=1S/C50H95N3O6/c1-6-10-14-18-20-24-32-45(30-22-16-12-8-3)49(56)58-38-28-26-34-47(54)41-52(40-44(5)53-37-36-51-43-53)42-48(55)35-27-29-39-59-50(57)46(31-23-17-13-9-4)33-25-21-19-15-11-7-2/h36-37,43-48,54-55H,6-35,38-42H2,1-5H3. The fraction of sp³-hybridized carbons (Fsp3) is 0.900. The largest absolute Gasteiger partial charge is 0.465 e. The Morgan fingerprint density at radius 2 is 0.881 bits per heavy atom. The van der Waals surface area contributed by atoms with E-state index in [4.69, 9.17) is 9.47 Å². The van der Waals surface area contributed by atoms with E-state index in [0.717, 1.165) is 77.0 Å². The van der Waals surface area contributed by atoms with Crippen molar-refractivity contribution in [1.29, 1.82) is 0 Å². The Bertz CT molecular complexity index is 1010. The van der Waals surface area contributed by atoms with E-state index >= 15 is 0 Å². The molecule has 0 saturated carbocycles. The molecule has 0 radical (unpaired) electrons. The van der Waals surface area contributed by atoms with Crippen molar-refractivity contribution in [3.8, 4) is 0 Å². The zero-order valence-corrected chi connectivity index (χ0v) is 39.2. The molecule has 0 amide bonds. The molecule has 0 aliphatic carbocycles. The Balaban J connectivity index is 2.54. The molecule has 1 rings (SSSR count). The number of rotatable bonds is 43. The fourth-order valence-electron chi connectivity index (χ4n) is 8.28. The molecule has 9 heteroatoms. The lowest BCUT2D eigenvalue weighted by Crippen LogP contribution is -2.40. The van der Waals surface area contributed by atoms with E-state index < -0.39 is 12.2 Å². The van der Waals surface area contributed by atoms with Gasteiger partial charge >= 0.3 is 11.9 Å². The van der Waals surface area contributed by atoms with E-state index in [1.807, 2.05) is 12.5 Å². The van der Waals surface area contributed by atoms with Crippen molar-refractivity contribution >= 4 is 11.9 Å². The smallest absolute Gasteiger partial charge is 0.308 e. The molecule has 0 bridgehead atoms. The van der Waals surface area contributed by atoms with E-state index in [1.54, 1.807) is 6.20 Å². The first kappa shape index (κ1) is 55.0. The Morgan fingerprint density at radius 3 is 1.25 bits per heavy atom. The van der Waals surface area contributed by atoms with Gasteiger partial charge in [-0.2, -0.15) is 0 Å². The van der Waals surface area contributed by atoms with Crippen LogP contribution in [0.4, 0.5) is 0 Å². The molecule has 1 aromatic heterocycles. The number of esters is 2. The highest BCUT2D eigenvalue weighted by molar-refractivity contribution is 5.72. The van der Waals surface area contributed by atoms with Gasteiger partial charge in [0.15, 0.2) is 0 Å². The van der Waals surface area contributed by atoms with Gasteiger partial charge in [-0.3, -0.25) is 14.5 Å². The third-order valence-electron chi connectivity index (χ3n) is 12.1. The summed E-state index contributed by atoms with van der Waals surface area (Å²) in [5, 5.41) is 22.2. The Kier molecular flexibility index (Phi) is 36.3. The number of aliphatic hydroxyl groups excluding tert-OH is 2. The van der Waals surface area contributed by atoms with Gasteiger partial charge in [0, 0.05) is 38.1 Å². The van der Waals surface area contributed by atoms with Crippen molar-refractivity contribution in [3.05, 3.63) is 18.7 Å². The van der Waals surface area contributed by atoms with Gasteiger partial charge in [-0.1, -0.05) is 156 Å². The van der Waals surface area contributed by atoms with E-state index in [0.29, 0.717) is 45.7 Å². The number of carbonyl (C=O) groups excluding carboxylic acids is 2. The maximum absolute atomic E-state index is 13.1. The summed E-state index contributed by atoms with van der Waals surface area (Å²) in [6.07, 6.45) is 36.6. The number of ether oxygens (including phenoxy) is 2. The molecular weight excluding hydrogens is 739 g/mol. The molecule has 0 saturated heterocycles. The van der Waals surface area contributed by atoms with Crippen molar-refractivity contribution < 1.29 is 29.3 Å². The molecule has 346 valence electrons. The summed E-state index contributed by atoms with van der Waals surface area (Å²) in [6, 6.07) is 0.133. The molecule has 9 nitrogen and oxygen atoms in total. The van der Waals surface area contributed by atoms with Crippen LogP contribution in [0.3, 0.4) is 0 Å². The van der Waals surface area contributed by atoms with Crippen LogP contribution in [0.5, 0.6) is 0 Å². The van der Waals surface area contributed by atoms with E-state index in [1.165, 1.54) is 103 Å². The maximum atomic E-state index is 13.1. The molecule has 5 atom stereocenters. The van der Waals surface area contributed by atoms with Crippen LogP contribution in [0, 0.1) is 11.8 Å². The van der Waals surface area contributed by atoms with Gasteiger partial charge in [0.05, 0.1) is 43.6 Å². The van der Waals surface area contributed by atoms with Crippen LogP contribution in [0.15, 0.2) is 18.7 Å². The van der Waals surface area contributed by atoms with Crippen LogP contribution in [-0.4, -0.2) is 81.7 Å². The number of imidazole rings is 1. The summed E-state index contributed by atoms with van der Waals surface area (Å²) in [5.74, 6) is -0.0533. The van der Waals surface area contributed by atoms with Gasteiger partial charge in [0.25, 0.3) is 0 Å². The Morgan fingerprint density at radius 1 is 0.525 bits per heavy atom. The van der Waals surface area contributed by atoms with Crippen LogP contribution >= 0.6 is 0 Å². The zero-order chi connectivity index (χ0) is 43.2. The first-order valence-electron chi connectivity index (χ1n) is 25.1. The van der Waals surface area contributed by atoms with Crippen molar-refractivity contribution in [3.63, 3.8) is 0 Å². The summed E-state index contributed by atoms with van der Waals surface area (Å²) in [7, 11) is 0. The summed E-state index contributed by atoms with van der Waals surface area (Å²) < 4.78 is 13.7. The molecule has 0 aromatic carbocycles. The molecule has 0 aliphatic rings. The van der Waals surface area contributed by atoms with Crippen LogP contribution in [0.2, 0.25) is 0 Å². The predicted octanol–water partition coefficient (Wildman–Crippen LogP) is 12.6. The highest BCUT2D eigenvalue weighted by atomic mass is 16.5. The van der Waals surface area contributed by atoms with Crippen LogP contribution in [0.1, 0.15) is 233 Å². The zero-order valence-electron chi connectivity index (χ0n) is 39.2. The molecular formula is C50H95N3O6.